The van der Waals surface area contributed by atoms with Crippen molar-refractivity contribution in [2.45, 2.75) is 18.7 Å². The van der Waals surface area contributed by atoms with Gasteiger partial charge in [0.15, 0.2) is 0 Å². The first-order chi connectivity index (χ1) is 8.66. The van der Waals surface area contributed by atoms with Crippen LogP contribution in [0.3, 0.4) is 0 Å². The van der Waals surface area contributed by atoms with Crippen LogP contribution in [0, 0.1) is 0 Å². The van der Waals surface area contributed by atoms with E-state index in [1.807, 2.05) is 0 Å². The highest BCUT2D eigenvalue weighted by Crippen LogP contribution is 2.48. The van der Waals surface area contributed by atoms with Gasteiger partial charge in [-0.15, -0.1) is 0 Å². The molecule has 0 aromatic heterocycles. The molecule has 1 amide bonds. The van der Waals surface area contributed by atoms with Crippen LogP contribution in [0.15, 0.2) is 18.2 Å². The minimum Gasteiger partial charge on any atom is -0.423 e. The minimum atomic E-state index is -5.19. The van der Waals surface area contributed by atoms with Crippen LogP contribution < -0.4 is 10.1 Å². The maximum atomic E-state index is 12.8. The van der Waals surface area contributed by atoms with Crippen molar-refractivity contribution in [3.8, 4) is 5.75 Å². The lowest BCUT2D eigenvalue weighted by Crippen LogP contribution is -2.47. The zero-order valence-electron chi connectivity index (χ0n) is 9.54. The van der Waals surface area contributed by atoms with E-state index in [1.54, 1.807) is 0 Å². The topological polar surface area (TPSA) is 75.6 Å². The van der Waals surface area contributed by atoms with Gasteiger partial charge in [0.1, 0.15) is 5.75 Å². The molecule has 0 spiro atoms. The summed E-state index contributed by atoms with van der Waals surface area (Å²) in [4.78, 5) is 22.1. The van der Waals surface area contributed by atoms with E-state index in [1.165, 1.54) is 6.92 Å². The van der Waals surface area contributed by atoms with Crippen LogP contribution in [0.25, 0.3) is 0 Å². The van der Waals surface area contributed by atoms with Gasteiger partial charge in [0, 0.05) is 24.2 Å². The van der Waals surface area contributed by atoms with Crippen LogP contribution in [-0.4, -0.2) is 23.2 Å². The Hall–Kier alpha value is -2.09. The molecule has 1 aliphatic rings. The molecule has 102 valence electrons. The van der Waals surface area contributed by atoms with E-state index in [-0.39, 0.29) is 5.69 Å². The second-order valence-corrected chi connectivity index (χ2v) is 3.99. The Balaban J connectivity index is 2.49. The molecule has 1 heterocycles. The van der Waals surface area contributed by atoms with Gasteiger partial charge in [0.05, 0.1) is 0 Å². The molecule has 0 fully saturated rings. The maximum absolute atomic E-state index is 12.8. The van der Waals surface area contributed by atoms with Crippen LogP contribution in [0.5, 0.6) is 5.75 Å². The Morgan fingerprint density at radius 3 is 2.58 bits per heavy atom. The van der Waals surface area contributed by atoms with Crippen molar-refractivity contribution in [1.29, 1.82) is 0 Å². The first kappa shape index (κ1) is 13.3. The number of nitrogens with one attached hydrogen (secondary N) is 1. The van der Waals surface area contributed by atoms with Gasteiger partial charge in [0.2, 0.25) is 5.91 Å². The third-order valence-electron chi connectivity index (χ3n) is 2.60. The predicted molar refractivity (Wildman–Crippen MR) is 56.3 cm³/mol. The summed E-state index contributed by atoms with van der Waals surface area (Å²) in [5.74, 6) is -2.68. The molecular weight excluding hydrogens is 267 g/mol. The molecule has 2 rings (SSSR count). The monoisotopic (exact) mass is 275 g/mol. The third kappa shape index (κ3) is 1.93. The molecule has 1 aromatic carbocycles. The molecule has 19 heavy (non-hydrogen) atoms. The number of aliphatic hydroxyl groups is 1. The Morgan fingerprint density at radius 2 is 2.05 bits per heavy atom. The summed E-state index contributed by atoms with van der Waals surface area (Å²) in [6.07, 6.45) is -5.19. The maximum Gasteiger partial charge on any atom is 0.432 e. The van der Waals surface area contributed by atoms with Crippen molar-refractivity contribution >= 4 is 17.6 Å². The lowest BCUT2D eigenvalue weighted by atomic mass is 9.94. The molecular formula is C11H8F3NO4. The van der Waals surface area contributed by atoms with Gasteiger partial charge < -0.3 is 15.2 Å². The third-order valence-corrected chi connectivity index (χ3v) is 2.60. The van der Waals surface area contributed by atoms with Crippen LogP contribution in [-0.2, 0) is 15.2 Å². The highest BCUT2D eigenvalue weighted by molar-refractivity contribution is 5.92. The van der Waals surface area contributed by atoms with Gasteiger partial charge >= 0.3 is 12.1 Å². The number of anilines is 1. The molecule has 0 aliphatic carbocycles. The summed E-state index contributed by atoms with van der Waals surface area (Å²) >= 11 is 0. The fraction of sp³-hybridized carbons (Fsp3) is 0.273. The SMILES string of the molecule is CC(=O)Nc1ccc2c(c1)OC(=O)C2(O)C(F)(F)F. The molecule has 0 saturated carbocycles. The summed E-state index contributed by atoms with van der Waals surface area (Å²) in [7, 11) is 0. The van der Waals surface area contributed by atoms with E-state index in [0.717, 1.165) is 18.2 Å². The Labute approximate surface area is 105 Å². The first-order valence-corrected chi connectivity index (χ1v) is 5.10. The standard InChI is InChI=1S/C11H8F3NO4/c1-5(16)15-6-2-3-7-8(4-6)19-9(17)10(7,18)11(12,13)14/h2-4,18H,1H3,(H,15,16). The number of hydrogen-bond acceptors (Lipinski definition) is 4. The van der Waals surface area contributed by atoms with Crippen molar-refractivity contribution in [3.05, 3.63) is 23.8 Å². The van der Waals surface area contributed by atoms with Crippen LogP contribution in [0.2, 0.25) is 0 Å². The van der Waals surface area contributed by atoms with Crippen molar-refractivity contribution in [1.82, 2.24) is 0 Å². The van der Waals surface area contributed by atoms with Crippen molar-refractivity contribution < 1.29 is 32.6 Å². The van der Waals surface area contributed by atoms with Crippen LogP contribution in [0.4, 0.5) is 18.9 Å². The zero-order valence-corrected chi connectivity index (χ0v) is 9.54. The average molecular weight is 275 g/mol. The molecule has 2 N–H and O–H groups in total. The van der Waals surface area contributed by atoms with Gasteiger partial charge in [-0.1, -0.05) is 0 Å². The summed E-state index contributed by atoms with van der Waals surface area (Å²) in [6, 6.07) is 3.07. The van der Waals surface area contributed by atoms with Crippen LogP contribution in [0.1, 0.15) is 12.5 Å². The smallest absolute Gasteiger partial charge is 0.423 e. The molecule has 0 radical (unpaired) electrons. The van der Waals surface area contributed by atoms with Gasteiger partial charge in [0.25, 0.3) is 5.60 Å². The minimum absolute atomic E-state index is 0.158. The molecule has 1 atom stereocenters. The van der Waals surface area contributed by atoms with Gasteiger partial charge in [-0.05, 0) is 12.1 Å². The number of carbonyl (C=O) groups is 2. The van der Waals surface area contributed by atoms with Crippen molar-refractivity contribution in [3.63, 3.8) is 0 Å². The number of ether oxygens (including phenoxy) is 1. The summed E-state index contributed by atoms with van der Waals surface area (Å²) in [5, 5.41) is 11.9. The Morgan fingerprint density at radius 1 is 1.42 bits per heavy atom. The highest BCUT2D eigenvalue weighted by atomic mass is 19.4. The first-order valence-electron chi connectivity index (χ1n) is 5.10. The predicted octanol–water partition coefficient (Wildman–Crippen LogP) is 1.31. The second kappa shape index (κ2) is 3.95. The molecule has 0 bridgehead atoms. The van der Waals surface area contributed by atoms with E-state index in [9.17, 15) is 27.9 Å². The molecule has 8 heteroatoms. The summed E-state index contributed by atoms with van der Waals surface area (Å²) in [5.41, 5.74) is -4.21. The van der Waals surface area contributed by atoms with E-state index in [4.69, 9.17) is 0 Å². The quantitative estimate of drug-likeness (QED) is 0.598. The summed E-state index contributed by atoms with van der Waals surface area (Å²) < 4.78 is 42.7. The van der Waals surface area contributed by atoms with E-state index < -0.39 is 35.0 Å². The fourth-order valence-corrected chi connectivity index (χ4v) is 1.74. The summed E-state index contributed by atoms with van der Waals surface area (Å²) in [6.45, 7) is 1.21. The molecule has 1 aromatic rings. The number of benzene rings is 1. The number of hydrogen-bond donors (Lipinski definition) is 2. The van der Waals surface area contributed by atoms with Gasteiger partial charge in [-0.3, -0.25) is 4.79 Å². The second-order valence-electron chi connectivity index (χ2n) is 3.99. The van der Waals surface area contributed by atoms with E-state index in [2.05, 4.69) is 10.1 Å². The lowest BCUT2D eigenvalue weighted by Gasteiger charge is -2.22. The molecule has 0 saturated heterocycles. The molecule has 1 unspecified atom stereocenters. The fourth-order valence-electron chi connectivity index (χ4n) is 1.74. The van der Waals surface area contributed by atoms with E-state index in [0.29, 0.717) is 0 Å². The van der Waals surface area contributed by atoms with Crippen molar-refractivity contribution in [2.24, 2.45) is 0 Å². The number of rotatable bonds is 1. The zero-order chi connectivity index (χ0) is 14.4. The highest BCUT2D eigenvalue weighted by Gasteiger charge is 2.66. The number of fused-ring (bicyclic) bond motifs is 1. The average Bonchev–Trinajstić information content (AvgIpc) is 2.50. The van der Waals surface area contributed by atoms with Gasteiger partial charge in [-0.25, -0.2) is 4.79 Å². The number of halogens is 3. The number of esters is 1. The Kier molecular flexibility index (Phi) is 2.78. The molecule has 1 aliphatic heterocycles. The number of alkyl halides is 3. The Bertz CT molecular complexity index is 570. The van der Waals surface area contributed by atoms with Crippen molar-refractivity contribution in [2.75, 3.05) is 5.32 Å². The van der Waals surface area contributed by atoms with Gasteiger partial charge in [-0.2, -0.15) is 13.2 Å². The molecule has 5 nitrogen and oxygen atoms in total. The number of amides is 1. The van der Waals surface area contributed by atoms with E-state index >= 15 is 0 Å². The number of carbonyl (C=O) groups excluding carboxylic acids is 2. The normalized spacial score (nSPS) is 21.8. The largest absolute Gasteiger partial charge is 0.432 e. The lowest BCUT2D eigenvalue weighted by molar-refractivity contribution is -0.258. The van der Waals surface area contributed by atoms with Crippen LogP contribution >= 0.6 is 0 Å².